The largest absolute Gasteiger partial charge is 0.337 e. The lowest BCUT2D eigenvalue weighted by Gasteiger charge is -2.46. The summed E-state index contributed by atoms with van der Waals surface area (Å²) < 4.78 is 0. The molecule has 1 saturated heterocycles. The summed E-state index contributed by atoms with van der Waals surface area (Å²) in [6, 6.07) is 0. The van der Waals surface area contributed by atoms with Gasteiger partial charge in [0.2, 0.25) is 0 Å². The number of nitrogens with zero attached hydrogens (tertiary/aromatic N) is 4. The van der Waals surface area contributed by atoms with Crippen molar-refractivity contribution in [3.05, 3.63) is 24.3 Å². The quantitative estimate of drug-likeness (QED) is 0.848. The van der Waals surface area contributed by atoms with Crippen molar-refractivity contribution in [3.8, 4) is 0 Å². The highest BCUT2D eigenvalue weighted by molar-refractivity contribution is 5.92. The van der Waals surface area contributed by atoms with Crippen LogP contribution >= 0.6 is 0 Å². The molecular weight excluding hydrogens is 264 g/mol. The van der Waals surface area contributed by atoms with Crippen LogP contribution in [0.5, 0.6) is 0 Å². The number of piperidine rings is 1. The zero-order valence-electron chi connectivity index (χ0n) is 13.0. The van der Waals surface area contributed by atoms with Gasteiger partial charge in [-0.1, -0.05) is 12.8 Å². The van der Waals surface area contributed by atoms with Crippen molar-refractivity contribution in [2.24, 2.45) is 5.92 Å². The maximum Gasteiger partial charge on any atom is 0.274 e. The Morgan fingerprint density at radius 2 is 2.05 bits per heavy atom. The van der Waals surface area contributed by atoms with Crippen LogP contribution < -0.4 is 0 Å². The summed E-state index contributed by atoms with van der Waals surface area (Å²) in [6.07, 6.45) is 10.9. The molecular formula is C16H24N4O. The van der Waals surface area contributed by atoms with Crippen LogP contribution in [-0.2, 0) is 0 Å². The molecule has 1 aromatic rings. The second-order valence-corrected chi connectivity index (χ2v) is 6.65. The molecule has 0 N–H and O–H groups in total. The Morgan fingerprint density at radius 1 is 1.33 bits per heavy atom. The van der Waals surface area contributed by atoms with E-state index in [1.54, 1.807) is 18.6 Å². The smallest absolute Gasteiger partial charge is 0.274 e. The molecule has 0 unspecified atom stereocenters. The van der Waals surface area contributed by atoms with Gasteiger partial charge in [-0.15, -0.1) is 0 Å². The van der Waals surface area contributed by atoms with Crippen LogP contribution in [0.1, 0.15) is 42.6 Å². The lowest BCUT2D eigenvalue weighted by atomic mass is 9.81. The summed E-state index contributed by atoms with van der Waals surface area (Å²) in [4.78, 5) is 24.8. The summed E-state index contributed by atoms with van der Waals surface area (Å²) in [5, 5.41) is 0. The van der Waals surface area contributed by atoms with Crippen molar-refractivity contribution in [1.29, 1.82) is 0 Å². The molecule has 2 fully saturated rings. The first kappa shape index (κ1) is 14.4. The second-order valence-electron chi connectivity index (χ2n) is 6.65. The van der Waals surface area contributed by atoms with Crippen LogP contribution in [0, 0.1) is 5.92 Å². The molecule has 1 aliphatic heterocycles. The molecule has 2 aliphatic rings. The Morgan fingerprint density at radius 3 is 2.57 bits per heavy atom. The number of carbonyl (C=O) groups excluding carboxylic acids is 1. The molecule has 0 radical (unpaired) electrons. The van der Waals surface area contributed by atoms with E-state index in [4.69, 9.17) is 0 Å². The fourth-order valence-electron chi connectivity index (χ4n) is 3.39. The molecule has 2 heterocycles. The molecule has 0 atom stereocenters. The summed E-state index contributed by atoms with van der Waals surface area (Å²) in [5.74, 6) is 0.927. The summed E-state index contributed by atoms with van der Waals surface area (Å²) in [5.41, 5.74) is 0.734. The lowest BCUT2D eigenvalue weighted by molar-refractivity contribution is 0.0359. The monoisotopic (exact) mass is 288 g/mol. The van der Waals surface area contributed by atoms with Crippen LogP contribution in [0.3, 0.4) is 0 Å². The predicted molar refractivity (Wildman–Crippen MR) is 80.9 cm³/mol. The molecule has 3 rings (SSSR count). The molecule has 21 heavy (non-hydrogen) atoms. The van der Waals surface area contributed by atoms with Gasteiger partial charge in [-0.05, 0) is 39.3 Å². The first-order chi connectivity index (χ1) is 10.1. The van der Waals surface area contributed by atoms with Gasteiger partial charge in [0.25, 0.3) is 5.91 Å². The van der Waals surface area contributed by atoms with Crippen LogP contribution in [0.25, 0.3) is 0 Å². The van der Waals surface area contributed by atoms with Gasteiger partial charge in [0, 0.05) is 31.0 Å². The summed E-state index contributed by atoms with van der Waals surface area (Å²) in [7, 11) is 4.37. The van der Waals surface area contributed by atoms with Crippen molar-refractivity contribution in [2.45, 2.75) is 37.6 Å². The highest BCUT2D eigenvalue weighted by Crippen LogP contribution is 2.42. The first-order valence-corrected chi connectivity index (χ1v) is 7.83. The van der Waals surface area contributed by atoms with Crippen molar-refractivity contribution in [1.82, 2.24) is 19.8 Å². The van der Waals surface area contributed by atoms with Gasteiger partial charge >= 0.3 is 0 Å². The van der Waals surface area contributed by atoms with E-state index in [-0.39, 0.29) is 11.4 Å². The van der Waals surface area contributed by atoms with Crippen molar-refractivity contribution in [3.63, 3.8) is 0 Å². The van der Waals surface area contributed by atoms with Gasteiger partial charge in [0.05, 0.1) is 6.20 Å². The number of carbonyl (C=O) groups is 1. The number of rotatable bonds is 4. The Bertz CT molecular complexity index is 490. The summed E-state index contributed by atoms with van der Waals surface area (Å²) in [6.45, 7) is 1.64. The predicted octanol–water partition coefficient (Wildman–Crippen LogP) is 1.81. The van der Waals surface area contributed by atoms with Gasteiger partial charge in [0.15, 0.2) is 0 Å². The van der Waals surface area contributed by atoms with Gasteiger partial charge in [-0.2, -0.15) is 0 Å². The van der Waals surface area contributed by atoms with Crippen molar-refractivity contribution >= 4 is 5.91 Å². The molecule has 5 nitrogen and oxygen atoms in total. The van der Waals surface area contributed by atoms with Gasteiger partial charge in [0.1, 0.15) is 5.69 Å². The van der Waals surface area contributed by atoms with E-state index in [1.807, 2.05) is 4.90 Å². The SMILES string of the molecule is CN(C)C1(CC2CC2)CCN(C(=O)c2cnccn2)CC1. The Balaban J connectivity index is 1.64. The number of likely N-dealkylation sites (tertiary alicyclic amines) is 1. The third kappa shape index (κ3) is 3.07. The van der Waals surface area contributed by atoms with E-state index in [0.717, 1.165) is 31.8 Å². The molecule has 0 aromatic carbocycles. The molecule has 1 aromatic heterocycles. The third-order valence-corrected chi connectivity index (χ3v) is 5.08. The Kier molecular flexibility index (Phi) is 3.93. The van der Waals surface area contributed by atoms with E-state index < -0.39 is 0 Å². The van der Waals surface area contributed by atoms with E-state index in [9.17, 15) is 4.79 Å². The number of hydrogen-bond acceptors (Lipinski definition) is 4. The Hall–Kier alpha value is -1.49. The normalized spacial score (nSPS) is 21.6. The minimum atomic E-state index is 0.0156. The highest BCUT2D eigenvalue weighted by atomic mass is 16.2. The van der Waals surface area contributed by atoms with E-state index in [1.165, 1.54) is 19.3 Å². The number of amides is 1. The fraction of sp³-hybridized carbons (Fsp3) is 0.688. The van der Waals surface area contributed by atoms with Crippen molar-refractivity contribution in [2.75, 3.05) is 27.2 Å². The topological polar surface area (TPSA) is 49.3 Å². The molecule has 1 saturated carbocycles. The van der Waals surface area contributed by atoms with Crippen LogP contribution in [0.2, 0.25) is 0 Å². The first-order valence-electron chi connectivity index (χ1n) is 7.83. The Labute approximate surface area is 126 Å². The molecule has 114 valence electrons. The average Bonchev–Trinajstić information content (AvgIpc) is 3.32. The van der Waals surface area contributed by atoms with Gasteiger partial charge in [-0.25, -0.2) is 4.98 Å². The molecule has 5 heteroatoms. The molecule has 1 aliphatic carbocycles. The lowest BCUT2D eigenvalue weighted by Crippen LogP contribution is -2.54. The zero-order valence-corrected chi connectivity index (χ0v) is 13.0. The average molecular weight is 288 g/mol. The van der Waals surface area contributed by atoms with Crippen molar-refractivity contribution < 1.29 is 4.79 Å². The van der Waals surface area contributed by atoms with E-state index in [0.29, 0.717) is 5.69 Å². The van der Waals surface area contributed by atoms with Crippen LogP contribution in [0.15, 0.2) is 18.6 Å². The van der Waals surface area contributed by atoms with Crippen LogP contribution in [0.4, 0.5) is 0 Å². The molecule has 1 amide bonds. The minimum Gasteiger partial charge on any atom is -0.337 e. The minimum absolute atomic E-state index is 0.0156. The number of aromatic nitrogens is 2. The maximum absolute atomic E-state index is 12.4. The second kappa shape index (κ2) is 5.72. The van der Waals surface area contributed by atoms with Gasteiger partial charge in [-0.3, -0.25) is 9.78 Å². The molecule has 0 spiro atoms. The zero-order chi connectivity index (χ0) is 14.9. The van der Waals surface area contributed by atoms with Gasteiger partial charge < -0.3 is 9.80 Å². The maximum atomic E-state index is 12.4. The number of hydrogen-bond donors (Lipinski definition) is 0. The third-order valence-electron chi connectivity index (χ3n) is 5.08. The summed E-state index contributed by atoms with van der Waals surface area (Å²) >= 11 is 0. The standard InChI is InChI=1S/C16H24N4O/c1-19(2)16(11-13-3-4-13)5-9-20(10-6-16)15(21)14-12-17-7-8-18-14/h7-8,12-13H,3-6,9-11H2,1-2H3. The van der Waals surface area contributed by atoms with Crippen LogP contribution in [-0.4, -0.2) is 58.4 Å². The van der Waals surface area contributed by atoms with E-state index in [2.05, 4.69) is 29.0 Å². The highest BCUT2D eigenvalue weighted by Gasteiger charge is 2.41. The van der Waals surface area contributed by atoms with E-state index >= 15 is 0 Å². The molecule has 0 bridgehead atoms. The fourth-order valence-corrected chi connectivity index (χ4v) is 3.39.